The van der Waals surface area contributed by atoms with Crippen LogP contribution < -0.4 is 5.32 Å². The standard InChI is InChI=1S/C20H17BrCl2FN3O2/c1-10(2)27-18(17(19(28)29)26-20(27)21)16(11-6-8-12(22)9-7-11)25-14-5-3-4-13(23)15(14)24/h3-10,16,25H,1-2H3,(H,28,29). The smallest absolute Gasteiger partial charge is 0.356 e. The molecule has 0 radical (unpaired) electrons. The third kappa shape index (κ3) is 4.42. The molecule has 0 aliphatic carbocycles. The quantitative estimate of drug-likeness (QED) is 0.401. The zero-order valence-electron chi connectivity index (χ0n) is 15.5. The Labute approximate surface area is 185 Å². The van der Waals surface area contributed by atoms with Crippen molar-refractivity contribution in [3.05, 3.63) is 80.0 Å². The molecule has 5 nitrogen and oxygen atoms in total. The van der Waals surface area contributed by atoms with Crippen molar-refractivity contribution in [3.63, 3.8) is 0 Å². The number of aromatic carboxylic acids is 1. The van der Waals surface area contributed by atoms with Gasteiger partial charge in [-0.05, 0) is 59.6 Å². The molecular weight excluding hydrogens is 484 g/mol. The molecule has 0 aliphatic rings. The predicted molar refractivity (Wildman–Crippen MR) is 116 cm³/mol. The summed E-state index contributed by atoms with van der Waals surface area (Å²) in [4.78, 5) is 16.1. The number of hydrogen-bond donors (Lipinski definition) is 2. The molecule has 1 unspecified atom stereocenters. The van der Waals surface area contributed by atoms with Crippen LogP contribution in [-0.4, -0.2) is 20.6 Å². The lowest BCUT2D eigenvalue weighted by Crippen LogP contribution is -2.21. The number of nitrogens with zero attached hydrogens (tertiary/aromatic N) is 2. The number of carboxylic acids is 1. The Morgan fingerprint density at radius 3 is 2.45 bits per heavy atom. The van der Waals surface area contributed by atoms with Gasteiger partial charge in [0.15, 0.2) is 16.2 Å². The number of carboxylic acid groups (broad SMARTS) is 1. The first-order valence-electron chi connectivity index (χ1n) is 8.67. The SMILES string of the molecule is CC(C)n1c(Br)nc(C(=O)O)c1C(Nc1cccc(Cl)c1F)c1ccc(Cl)cc1. The maximum absolute atomic E-state index is 14.6. The van der Waals surface area contributed by atoms with Gasteiger partial charge in [0, 0.05) is 11.1 Å². The number of nitrogens with one attached hydrogen (secondary N) is 1. The molecule has 0 amide bonds. The molecule has 3 rings (SSSR count). The zero-order chi connectivity index (χ0) is 21.3. The van der Waals surface area contributed by atoms with Gasteiger partial charge >= 0.3 is 5.97 Å². The van der Waals surface area contributed by atoms with Crippen LogP contribution in [0.25, 0.3) is 0 Å². The Morgan fingerprint density at radius 2 is 1.86 bits per heavy atom. The van der Waals surface area contributed by atoms with Gasteiger partial charge in [-0.1, -0.05) is 41.4 Å². The van der Waals surface area contributed by atoms with Crippen molar-refractivity contribution in [3.8, 4) is 0 Å². The van der Waals surface area contributed by atoms with Crippen molar-refractivity contribution < 1.29 is 14.3 Å². The molecule has 0 saturated carbocycles. The lowest BCUT2D eigenvalue weighted by Gasteiger charge is -2.25. The Kier molecular flexibility index (Phi) is 6.51. The topological polar surface area (TPSA) is 67.2 Å². The van der Waals surface area contributed by atoms with Crippen LogP contribution >= 0.6 is 39.1 Å². The second-order valence-corrected chi connectivity index (χ2v) is 8.17. The van der Waals surface area contributed by atoms with E-state index in [1.165, 1.54) is 12.1 Å². The van der Waals surface area contributed by atoms with Crippen LogP contribution in [0.1, 0.15) is 47.7 Å². The van der Waals surface area contributed by atoms with Gasteiger partial charge in [0.1, 0.15) is 0 Å². The summed E-state index contributed by atoms with van der Waals surface area (Å²) in [5.74, 6) is -1.81. The molecule has 152 valence electrons. The van der Waals surface area contributed by atoms with Crippen LogP contribution in [-0.2, 0) is 0 Å². The Hall–Kier alpha value is -2.09. The van der Waals surface area contributed by atoms with Crippen LogP contribution in [0, 0.1) is 5.82 Å². The number of rotatable bonds is 6. The van der Waals surface area contributed by atoms with E-state index in [9.17, 15) is 14.3 Å². The van der Waals surface area contributed by atoms with Crippen LogP contribution in [0.5, 0.6) is 0 Å². The lowest BCUT2D eigenvalue weighted by molar-refractivity contribution is 0.0689. The first kappa shape index (κ1) is 21.6. The number of carbonyl (C=O) groups is 1. The summed E-state index contributed by atoms with van der Waals surface area (Å²) in [5.41, 5.74) is 1.06. The van der Waals surface area contributed by atoms with Crippen molar-refractivity contribution in [1.29, 1.82) is 0 Å². The molecule has 3 aromatic rings. The minimum absolute atomic E-state index is 0.0399. The maximum atomic E-state index is 14.6. The molecule has 9 heteroatoms. The highest BCUT2D eigenvalue weighted by Gasteiger charge is 2.30. The van der Waals surface area contributed by atoms with Crippen molar-refractivity contribution in [1.82, 2.24) is 9.55 Å². The molecular formula is C20H17BrCl2FN3O2. The summed E-state index contributed by atoms with van der Waals surface area (Å²) in [6.07, 6.45) is 0. The van der Waals surface area contributed by atoms with E-state index in [4.69, 9.17) is 23.2 Å². The normalized spacial score (nSPS) is 12.2. The average molecular weight is 501 g/mol. The number of aromatic nitrogens is 2. The molecule has 1 atom stereocenters. The number of imidazole rings is 1. The molecule has 0 aliphatic heterocycles. The van der Waals surface area contributed by atoms with Gasteiger partial charge in [-0.25, -0.2) is 14.2 Å². The Bertz CT molecular complexity index is 1050. The van der Waals surface area contributed by atoms with E-state index in [-0.39, 0.29) is 22.4 Å². The summed E-state index contributed by atoms with van der Waals surface area (Å²) in [5, 5.41) is 13.3. The number of anilines is 1. The largest absolute Gasteiger partial charge is 0.476 e. The molecule has 2 N–H and O–H groups in total. The second kappa shape index (κ2) is 8.73. The third-order valence-electron chi connectivity index (χ3n) is 4.35. The second-order valence-electron chi connectivity index (χ2n) is 6.61. The van der Waals surface area contributed by atoms with Gasteiger partial charge < -0.3 is 15.0 Å². The zero-order valence-corrected chi connectivity index (χ0v) is 18.6. The highest BCUT2D eigenvalue weighted by atomic mass is 79.9. The van der Waals surface area contributed by atoms with Crippen LogP contribution in [0.15, 0.2) is 47.2 Å². The van der Waals surface area contributed by atoms with Crippen molar-refractivity contribution in [2.24, 2.45) is 0 Å². The Balaban J connectivity index is 2.25. The van der Waals surface area contributed by atoms with Crippen molar-refractivity contribution in [2.45, 2.75) is 25.9 Å². The first-order valence-corrected chi connectivity index (χ1v) is 10.2. The lowest BCUT2D eigenvalue weighted by atomic mass is 10.0. The monoisotopic (exact) mass is 499 g/mol. The predicted octanol–water partition coefficient (Wildman–Crippen LogP) is 6.57. The summed E-state index contributed by atoms with van der Waals surface area (Å²) < 4.78 is 16.7. The summed E-state index contributed by atoms with van der Waals surface area (Å²) in [6.45, 7) is 3.81. The maximum Gasteiger partial charge on any atom is 0.356 e. The minimum atomic E-state index is -1.19. The Morgan fingerprint density at radius 1 is 1.21 bits per heavy atom. The highest BCUT2D eigenvalue weighted by Crippen LogP contribution is 2.35. The highest BCUT2D eigenvalue weighted by molar-refractivity contribution is 9.10. The fraction of sp³-hybridized carbons (Fsp3) is 0.200. The molecule has 1 heterocycles. The average Bonchev–Trinajstić information content (AvgIpc) is 3.01. The summed E-state index contributed by atoms with van der Waals surface area (Å²) in [7, 11) is 0. The number of hydrogen-bond acceptors (Lipinski definition) is 3. The molecule has 0 saturated heterocycles. The summed E-state index contributed by atoms with van der Waals surface area (Å²) in [6, 6.07) is 10.6. The molecule has 0 fully saturated rings. The van der Waals surface area contributed by atoms with Crippen LogP contribution in [0.4, 0.5) is 10.1 Å². The van der Waals surface area contributed by atoms with Crippen molar-refractivity contribution in [2.75, 3.05) is 5.32 Å². The van der Waals surface area contributed by atoms with E-state index in [1.54, 1.807) is 34.9 Å². The van der Waals surface area contributed by atoms with E-state index < -0.39 is 17.8 Å². The minimum Gasteiger partial charge on any atom is -0.476 e. The number of benzene rings is 2. The van der Waals surface area contributed by atoms with Gasteiger partial charge in [-0.3, -0.25) is 0 Å². The molecule has 1 aromatic heterocycles. The molecule has 0 spiro atoms. The first-order chi connectivity index (χ1) is 13.7. The van der Waals surface area contributed by atoms with E-state index in [0.29, 0.717) is 21.0 Å². The number of halogens is 4. The summed E-state index contributed by atoms with van der Waals surface area (Å²) >= 11 is 15.3. The van der Waals surface area contributed by atoms with Crippen LogP contribution in [0.3, 0.4) is 0 Å². The molecule has 2 aromatic carbocycles. The van der Waals surface area contributed by atoms with E-state index in [1.807, 2.05) is 13.8 Å². The third-order valence-corrected chi connectivity index (χ3v) is 5.46. The molecule has 0 bridgehead atoms. The van der Waals surface area contributed by atoms with E-state index >= 15 is 0 Å². The van der Waals surface area contributed by atoms with Gasteiger partial charge in [0.05, 0.1) is 22.4 Å². The fourth-order valence-corrected chi connectivity index (χ4v) is 4.16. The van der Waals surface area contributed by atoms with Gasteiger partial charge in [0.25, 0.3) is 0 Å². The van der Waals surface area contributed by atoms with Crippen molar-refractivity contribution >= 4 is 50.8 Å². The van der Waals surface area contributed by atoms with Gasteiger partial charge in [0.2, 0.25) is 0 Å². The fourth-order valence-electron chi connectivity index (χ4n) is 3.08. The van der Waals surface area contributed by atoms with E-state index in [2.05, 4.69) is 26.2 Å². The molecule has 29 heavy (non-hydrogen) atoms. The van der Waals surface area contributed by atoms with Gasteiger partial charge in [-0.15, -0.1) is 0 Å². The van der Waals surface area contributed by atoms with Crippen LogP contribution in [0.2, 0.25) is 10.0 Å². The van der Waals surface area contributed by atoms with E-state index in [0.717, 1.165) is 0 Å². The van der Waals surface area contributed by atoms with Gasteiger partial charge in [-0.2, -0.15) is 0 Å².